The van der Waals surface area contributed by atoms with Gasteiger partial charge in [-0.1, -0.05) is 24.3 Å². The molecule has 2 aromatic heterocycles. The summed E-state index contributed by atoms with van der Waals surface area (Å²) in [7, 11) is 2.47. The molecule has 0 amide bonds. The molecule has 3 aliphatic heterocycles. The normalized spacial score (nSPS) is 22.1. The fraction of sp³-hybridized carbons (Fsp3) is 0.219. The molecule has 7 aromatic carbocycles. The lowest BCUT2D eigenvalue weighted by atomic mass is 9.76. The highest BCUT2D eigenvalue weighted by Crippen LogP contribution is 2.61. The third-order valence-corrected chi connectivity index (χ3v) is 15.9. The van der Waals surface area contributed by atoms with Gasteiger partial charge in [0.1, 0.15) is 93.3 Å². The van der Waals surface area contributed by atoms with Gasteiger partial charge in [-0.05, 0) is 71.8 Å². The molecule has 1 unspecified atom stereocenters. The summed E-state index contributed by atoms with van der Waals surface area (Å²) in [6.45, 7) is -0.886. The first-order valence-corrected chi connectivity index (χ1v) is 27.4. The van der Waals surface area contributed by atoms with Crippen LogP contribution in [0.2, 0.25) is 0 Å². The van der Waals surface area contributed by atoms with Crippen LogP contribution in [0.3, 0.4) is 0 Å². The SMILES string of the molecule is COc1cc(-c2oc3cc(=O)cc4oc(-c5c(O)cc(O)c6c5O[C@H](c5ccc(O)c(O)c5)[C@@H](OC(=O)C=Cc5ccc(O)cc5)C6c5c(O)cc(O)c6c5O[C@H](c5ccc(O)c(O)c5)[C@@H](O)C6)cc(c2O[C@@H]2O[C@H](CO)[C@@H](O)[C@H](O)[C@H]2O)c43)cc(OC)c1O. The van der Waals surface area contributed by atoms with Gasteiger partial charge in [-0.15, -0.1) is 0 Å². The van der Waals surface area contributed by atoms with Crippen molar-refractivity contribution in [3.8, 4) is 109 Å². The van der Waals surface area contributed by atoms with E-state index in [4.69, 9.17) is 42.0 Å². The molecule has 0 bridgehead atoms. The van der Waals surface area contributed by atoms with Gasteiger partial charge in [0.05, 0.1) is 38.2 Å². The summed E-state index contributed by atoms with van der Waals surface area (Å²) in [6.07, 6.45) is -14.2. The summed E-state index contributed by atoms with van der Waals surface area (Å²) >= 11 is 0. The van der Waals surface area contributed by atoms with Crippen molar-refractivity contribution in [2.45, 2.75) is 67.5 Å². The lowest BCUT2D eigenvalue weighted by Gasteiger charge is -2.42. The van der Waals surface area contributed by atoms with Crippen LogP contribution in [0.15, 0.2) is 123 Å². The molecular formula is C64H54O26. The first-order chi connectivity index (χ1) is 43.0. The Bertz CT molecular complexity index is 4390. The number of aliphatic hydroxyl groups is 5. The molecule has 3 aliphatic rings. The third-order valence-electron chi connectivity index (χ3n) is 15.9. The topological polar surface area (TPSA) is 428 Å². The molecule has 1 saturated heterocycles. The Morgan fingerprint density at radius 1 is 0.622 bits per heavy atom. The van der Waals surface area contributed by atoms with Crippen LogP contribution in [-0.4, -0.2) is 146 Å². The van der Waals surface area contributed by atoms with Crippen LogP contribution in [0, 0.1) is 0 Å². The number of aromatic hydroxyl groups is 10. The van der Waals surface area contributed by atoms with Crippen LogP contribution < -0.4 is 29.1 Å². The van der Waals surface area contributed by atoms with Gasteiger partial charge in [0.15, 0.2) is 63.6 Å². The van der Waals surface area contributed by atoms with Crippen LogP contribution in [0.4, 0.5) is 0 Å². The molecule has 1 fully saturated rings. The van der Waals surface area contributed by atoms with E-state index in [-0.39, 0.29) is 73.0 Å². The lowest BCUT2D eigenvalue weighted by Crippen LogP contribution is -2.60. The first-order valence-electron chi connectivity index (χ1n) is 27.4. The molecular weight excluding hydrogens is 1180 g/mol. The Kier molecular flexibility index (Phi) is 15.3. The molecule has 26 heteroatoms. The molecule has 10 atom stereocenters. The van der Waals surface area contributed by atoms with Gasteiger partial charge in [0.25, 0.3) is 0 Å². The van der Waals surface area contributed by atoms with Crippen LogP contribution >= 0.6 is 0 Å². The average Bonchev–Trinajstić information content (AvgIpc) is 0.726. The summed E-state index contributed by atoms with van der Waals surface area (Å²) in [4.78, 5) is 28.3. The van der Waals surface area contributed by atoms with E-state index < -0.39 is 171 Å². The molecule has 466 valence electrons. The van der Waals surface area contributed by atoms with Gasteiger partial charge in [0.2, 0.25) is 12.0 Å². The van der Waals surface area contributed by atoms with Crippen LogP contribution in [-0.2, 0) is 20.7 Å². The fourth-order valence-corrected chi connectivity index (χ4v) is 11.6. The number of hydrogen-bond donors (Lipinski definition) is 15. The highest BCUT2D eigenvalue weighted by Gasteiger charge is 2.51. The molecule has 0 spiro atoms. The van der Waals surface area contributed by atoms with Crippen LogP contribution in [0.25, 0.3) is 50.7 Å². The number of phenolic OH excluding ortho intramolecular Hbond substituents is 10. The Balaban J connectivity index is 1.15. The monoisotopic (exact) mass is 1240 g/mol. The number of methoxy groups -OCH3 is 2. The summed E-state index contributed by atoms with van der Waals surface area (Å²) in [6, 6.07) is 20.2. The van der Waals surface area contributed by atoms with Crippen molar-refractivity contribution in [1.29, 1.82) is 0 Å². The van der Waals surface area contributed by atoms with E-state index in [1.54, 1.807) is 0 Å². The number of esters is 1. The number of ether oxygens (including phenoxy) is 7. The Morgan fingerprint density at radius 3 is 1.84 bits per heavy atom. The maximum absolute atomic E-state index is 14.5. The Morgan fingerprint density at radius 2 is 1.22 bits per heavy atom. The number of phenols is 10. The van der Waals surface area contributed by atoms with Gasteiger partial charge in [-0.2, -0.15) is 0 Å². The first kappa shape index (κ1) is 59.6. The molecule has 12 rings (SSSR count). The van der Waals surface area contributed by atoms with Gasteiger partial charge in [0, 0.05) is 70.0 Å². The summed E-state index contributed by atoms with van der Waals surface area (Å²) < 4.78 is 55.9. The molecule has 0 radical (unpaired) electrons. The van der Waals surface area contributed by atoms with E-state index in [9.17, 15) is 86.2 Å². The summed E-state index contributed by atoms with van der Waals surface area (Å²) in [5.41, 5.74) is -2.35. The summed E-state index contributed by atoms with van der Waals surface area (Å²) in [5, 5.41) is 168. The highest BCUT2D eigenvalue weighted by molar-refractivity contribution is 6.11. The molecule has 90 heavy (non-hydrogen) atoms. The Hall–Kier alpha value is -10.7. The predicted octanol–water partition coefficient (Wildman–Crippen LogP) is 6.05. The van der Waals surface area contributed by atoms with E-state index in [1.807, 2.05) is 0 Å². The second-order valence-corrected chi connectivity index (χ2v) is 21.4. The minimum Gasteiger partial charge on any atom is -0.508 e. The second-order valence-electron chi connectivity index (χ2n) is 21.4. The lowest BCUT2D eigenvalue weighted by molar-refractivity contribution is -0.277. The van der Waals surface area contributed by atoms with Gasteiger partial charge in [-0.25, -0.2) is 4.79 Å². The van der Waals surface area contributed by atoms with Gasteiger partial charge >= 0.3 is 5.97 Å². The zero-order valence-corrected chi connectivity index (χ0v) is 46.9. The van der Waals surface area contributed by atoms with Gasteiger partial charge in [-0.3, -0.25) is 4.79 Å². The van der Waals surface area contributed by atoms with E-state index in [1.165, 1.54) is 74.9 Å². The van der Waals surface area contributed by atoms with Crippen LogP contribution in [0.1, 0.15) is 51.5 Å². The zero-order chi connectivity index (χ0) is 63.9. The largest absolute Gasteiger partial charge is 0.508 e. The van der Waals surface area contributed by atoms with Crippen LogP contribution in [0.5, 0.6) is 86.2 Å². The number of rotatable bonds is 13. The predicted molar refractivity (Wildman–Crippen MR) is 310 cm³/mol. The molecule has 0 aliphatic carbocycles. The minimum atomic E-state index is -2.06. The van der Waals surface area contributed by atoms with E-state index in [0.717, 1.165) is 54.6 Å². The standard InChI is InChI=1S/C64H54O26/c1-82-44-15-27(16-45(83-2)53(44)78)59-61(90-64-56(81)55(80)54(79)46(23-65)86-64)31-20-43(84-41-17-29(67)18-42(85-59)48(31)41)49-37(73)22-39(75)51-52(50-38(74)21-34(70)30-19-40(76)57(88-60(30)50)25-6-10-32(68)35(71)13-25)63(87-47(77)12-5-24-3-8-28(66)9-4-24)58(89-62(49)51)26-7-11-33(69)36(72)14-26/h3-18,20-22,40,46,52,54-58,63-66,68-76,78-81H,19,23H2,1-2H3/t40-,46+,52?,54+,55-,56+,57+,58+,63-,64-/m0/s1. The fourth-order valence-electron chi connectivity index (χ4n) is 11.6. The molecule has 5 heterocycles. The quantitative estimate of drug-likeness (QED) is 0.0354. The number of benzene rings is 7. The molecule has 0 saturated carbocycles. The van der Waals surface area contributed by atoms with E-state index >= 15 is 0 Å². The number of hydrogen-bond acceptors (Lipinski definition) is 26. The average molecular weight is 1240 g/mol. The van der Waals surface area contributed by atoms with Crippen molar-refractivity contribution < 1.29 is 123 Å². The van der Waals surface area contributed by atoms with Crippen molar-refractivity contribution >= 4 is 34.0 Å². The second kappa shape index (κ2) is 23.1. The maximum atomic E-state index is 14.5. The van der Waals surface area contributed by atoms with Crippen molar-refractivity contribution in [2.75, 3.05) is 20.8 Å². The Labute approximate surface area is 505 Å². The van der Waals surface area contributed by atoms with Crippen molar-refractivity contribution in [3.05, 3.63) is 153 Å². The highest BCUT2D eigenvalue weighted by atomic mass is 16.7. The number of fused-ring (bicyclic) bond motifs is 2. The molecule has 9 aromatic rings. The van der Waals surface area contributed by atoms with Gasteiger partial charge < -0.3 is 119 Å². The van der Waals surface area contributed by atoms with E-state index in [2.05, 4.69) is 0 Å². The number of carbonyl (C=O) groups is 1. The van der Waals surface area contributed by atoms with Crippen molar-refractivity contribution in [1.82, 2.24) is 0 Å². The maximum Gasteiger partial charge on any atom is 0.331 e. The van der Waals surface area contributed by atoms with Crippen molar-refractivity contribution in [2.24, 2.45) is 0 Å². The number of aliphatic hydroxyl groups excluding tert-OH is 5. The smallest absolute Gasteiger partial charge is 0.331 e. The van der Waals surface area contributed by atoms with Crippen molar-refractivity contribution in [3.63, 3.8) is 0 Å². The molecule has 15 N–H and O–H groups in total. The van der Waals surface area contributed by atoms with E-state index in [0.29, 0.717) is 5.56 Å². The minimum absolute atomic E-state index is 0.00992. The number of carbonyl (C=O) groups excluding carboxylic acids is 1. The summed E-state index contributed by atoms with van der Waals surface area (Å²) in [5.74, 6) is -11.7. The zero-order valence-electron chi connectivity index (χ0n) is 46.9. The third kappa shape index (κ3) is 10.4. The molecule has 26 nitrogen and oxygen atoms in total.